The third kappa shape index (κ3) is 3.52. The first-order valence-electron chi connectivity index (χ1n) is 4.50. The summed E-state index contributed by atoms with van der Waals surface area (Å²) in [5, 5.41) is 18.9. The largest absolute Gasteiger partial charge is 0.393 e. The van der Waals surface area contributed by atoms with E-state index in [-0.39, 0.29) is 5.41 Å². The van der Waals surface area contributed by atoms with Crippen LogP contribution in [0, 0.1) is 5.41 Å². The highest BCUT2D eigenvalue weighted by molar-refractivity contribution is 4.80. The van der Waals surface area contributed by atoms with E-state index in [2.05, 4.69) is 0 Å². The molecule has 4 N–H and O–H groups in total. The Morgan fingerprint density at radius 3 is 2.17 bits per heavy atom. The molecule has 2 atom stereocenters. The summed E-state index contributed by atoms with van der Waals surface area (Å²) in [4.78, 5) is 0. The van der Waals surface area contributed by atoms with Crippen LogP contribution in [0.5, 0.6) is 0 Å². The van der Waals surface area contributed by atoms with Crippen LogP contribution in [0.1, 0.15) is 33.6 Å². The predicted molar refractivity (Wildman–Crippen MR) is 49.8 cm³/mol. The Bertz CT molecular complexity index is 126. The summed E-state index contributed by atoms with van der Waals surface area (Å²) in [6.45, 7) is 6.14. The van der Waals surface area contributed by atoms with Gasteiger partial charge in [-0.25, -0.2) is 0 Å². The van der Waals surface area contributed by atoms with Crippen molar-refractivity contribution in [2.24, 2.45) is 11.1 Å². The van der Waals surface area contributed by atoms with Crippen molar-refractivity contribution in [3.63, 3.8) is 0 Å². The molecular formula is C9H21NO2. The molecule has 0 aromatic carbocycles. The molecule has 3 nitrogen and oxygen atoms in total. The van der Waals surface area contributed by atoms with Gasteiger partial charge in [0.05, 0.1) is 12.2 Å². The van der Waals surface area contributed by atoms with E-state index in [1.54, 1.807) is 0 Å². The van der Waals surface area contributed by atoms with Crippen LogP contribution in [-0.2, 0) is 0 Å². The van der Waals surface area contributed by atoms with Crippen molar-refractivity contribution in [1.29, 1.82) is 0 Å². The van der Waals surface area contributed by atoms with Crippen molar-refractivity contribution < 1.29 is 10.2 Å². The fraction of sp³-hybridized carbons (Fsp3) is 1.00. The van der Waals surface area contributed by atoms with E-state index in [9.17, 15) is 10.2 Å². The van der Waals surface area contributed by atoms with Gasteiger partial charge < -0.3 is 15.9 Å². The van der Waals surface area contributed by atoms with Crippen LogP contribution in [0.15, 0.2) is 0 Å². The van der Waals surface area contributed by atoms with E-state index in [1.165, 1.54) is 0 Å². The molecule has 0 saturated heterocycles. The maximum absolute atomic E-state index is 9.64. The molecule has 0 amide bonds. The first kappa shape index (κ1) is 11.9. The van der Waals surface area contributed by atoms with Gasteiger partial charge in [0, 0.05) is 5.41 Å². The minimum Gasteiger partial charge on any atom is -0.393 e. The molecule has 0 saturated carbocycles. The Morgan fingerprint density at radius 1 is 1.33 bits per heavy atom. The van der Waals surface area contributed by atoms with Gasteiger partial charge in [0.1, 0.15) is 0 Å². The summed E-state index contributed by atoms with van der Waals surface area (Å²) >= 11 is 0. The number of rotatable bonds is 5. The van der Waals surface area contributed by atoms with Crippen molar-refractivity contribution in [3.8, 4) is 0 Å². The smallest absolute Gasteiger partial charge is 0.0627 e. The van der Waals surface area contributed by atoms with E-state index < -0.39 is 12.2 Å². The van der Waals surface area contributed by atoms with Crippen LogP contribution in [0.25, 0.3) is 0 Å². The highest BCUT2D eigenvalue weighted by atomic mass is 16.3. The maximum atomic E-state index is 9.64. The van der Waals surface area contributed by atoms with E-state index in [1.807, 2.05) is 20.8 Å². The van der Waals surface area contributed by atoms with Crippen LogP contribution in [-0.4, -0.2) is 29.0 Å². The molecular weight excluding hydrogens is 154 g/mol. The molecule has 0 aromatic rings. The van der Waals surface area contributed by atoms with Gasteiger partial charge in [0.2, 0.25) is 0 Å². The fourth-order valence-electron chi connectivity index (χ4n) is 0.879. The Balaban J connectivity index is 3.93. The van der Waals surface area contributed by atoms with Gasteiger partial charge in [-0.15, -0.1) is 0 Å². The molecule has 12 heavy (non-hydrogen) atoms. The summed E-state index contributed by atoms with van der Waals surface area (Å²) < 4.78 is 0. The Kier molecular flexibility index (Phi) is 4.75. The van der Waals surface area contributed by atoms with E-state index in [0.29, 0.717) is 19.4 Å². The molecule has 0 bridgehead atoms. The molecule has 74 valence electrons. The van der Waals surface area contributed by atoms with Crippen LogP contribution >= 0.6 is 0 Å². The lowest BCUT2D eigenvalue weighted by Gasteiger charge is -2.30. The second-order valence-electron chi connectivity index (χ2n) is 4.01. The molecule has 0 radical (unpaired) electrons. The highest BCUT2D eigenvalue weighted by Crippen LogP contribution is 2.22. The van der Waals surface area contributed by atoms with Crippen LogP contribution < -0.4 is 5.73 Å². The zero-order chi connectivity index (χ0) is 9.78. The normalized spacial score (nSPS) is 17.5. The summed E-state index contributed by atoms with van der Waals surface area (Å²) in [6.07, 6.45) is 0.168. The molecule has 0 aliphatic carbocycles. The highest BCUT2D eigenvalue weighted by Gasteiger charge is 2.27. The van der Waals surface area contributed by atoms with Gasteiger partial charge in [-0.05, 0) is 19.4 Å². The first-order valence-corrected chi connectivity index (χ1v) is 4.50. The monoisotopic (exact) mass is 175 g/mol. The number of hydrogen-bond donors (Lipinski definition) is 3. The second kappa shape index (κ2) is 4.80. The van der Waals surface area contributed by atoms with Gasteiger partial charge in [-0.1, -0.05) is 20.8 Å². The number of aliphatic hydroxyl groups is 2. The molecule has 0 aliphatic heterocycles. The standard InChI is InChI=1S/C9H21NO2/c1-4-7(11)5-8(12)9(2,3)6-10/h7-8,11-12H,4-6,10H2,1-3H3. The van der Waals surface area contributed by atoms with Crippen molar-refractivity contribution in [2.45, 2.75) is 45.8 Å². The molecule has 0 rings (SSSR count). The van der Waals surface area contributed by atoms with Gasteiger partial charge in [0.15, 0.2) is 0 Å². The topological polar surface area (TPSA) is 66.5 Å². The Labute approximate surface area is 74.6 Å². The van der Waals surface area contributed by atoms with Gasteiger partial charge >= 0.3 is 0 Å². The summed E-state index contributed by atoms with van der Waals surface area (Å²) in [7, 11) is 0. The Hall–Kier alpha value is -0.120. The third-order valence-electron chi connectivity index (χ3n) is 2.39. The lowest BCUT2D eigenvalue weighted by molar-refractivity contribution is 0.00830. The van der Waals surface area contributed by atoms with Crippen molar-refractivity contribution in [2.75, 3.05) is 6.54 Å². The molecule has 0 fully saturated rings. The first-order chi connectivity index (χ1) is 5.44. The molecule has 0 aromatic heterocycles. The van der Waals surface area contributed by atoms with Gasteiger partial charge in [0.25, 0.3) is 0 Å². The van der Waals surface area contributed by atoms with Crippen LogP contribution in [0.2, 0.25) is 0 Å². The zero-order valence-electron chi connectivity index (χ0n) is 8.25. The lowest BCUT2D eigenvalue weighted by Crippen LogP contribution is -2.38. The summed E-state index contributed by atoms with van der Waals surface area (Å²) in [6, 6.07) is 0. The molecule has 3 heteroatoms. The van der Waals surface area contributed by atoms with Crippen LogP contribution in [0.4, 0.5) is 0 Å². The van der Waals surface area contributed by atoms with E-state index >= 15 is 0 Å². The van der Waals surface area contributed by atoms with Gasteiger partial charge in [-0.2, -0.15) is 0 Å². The third-order valence-corrected chi connectivity index (χ3v) is 2.39. The predicted octanol–water partition coefficient (Wildman–Crippen LogP) is 0.493. The SMILES string of the molecule is CCC(O)CC(O)C(C)(C)CN. The van der Waals surface area contributed by atoms with E-state index in [4.69, 9.17) is 5.73 Å². The number of aliphatic hydroxyl groups excluding tert-OH is 2. The quantitative estimate of drug-likeness (QED) is 0.570. The Morgan fingerprint density at radius 2 is 1.83 bits per heavy atom. The number of hydrogen-bond acceptors (Lipinski definition) is 3. The maximum Gasteiger partial charge on any atom is 0.0627 e. The lowest BCUT2D eigenvalue weighted by atomic mass is 9.83. The van der Waals surface area contributed by atoms with Crippen molar-refractivity contribution >= 4 is 0 Å². The zero-order valence-corrected chi connectivity index (χ0v) is 8.25. The van der Waals surface area contributed by atoms with Gasteiger partial charge in [-0.3, -0.25) is 0 Å². The average Bonchev–Trinajstić information content (AvgIpc) is 2.04. The minimum atomic E-state index is -0.516. The van der Waals surface area contributed by atoms with Crippen molar-refractivity contribution in [3.05, 3.63) is 0 Å². The average molecular weight is 175 g/mol. The molecule has 0 spiro atoms. The fourth-order valence-corrected chi connectivity index (χ4v) is 0.879. The number of nitrogens with two attached hydrogens (primary N) is 1. The van der Waals surface area contributed by atoms with Crippen LogP contribution in [0.3, 0.4) is 0 Å². The molecule has 0 heterocycles. The summed E-state index contributed by atoms with van der Waals surface area (Å²) in [5.41, 5.74) is 5.19. The molecule has 0 aliphatic rings. The van der Waals surface area contributed by atoms with E-state index in [0.717, 1.165) is 0 Å². The molecule has 2 unspecified atom stereocenters. The summed E-state index contributed by atoms with van der Waals surface area (Å²) in [5.74, 6) is 0. The second-order valence-corrected chi connectivity index (χ2v) is 4.01. The minimum absolute atomic E-state index is 0.295. The van der Waals surface area contributed by atoms with Crippen molar-refractivity contribution in [1.82, 2.24) is 0 Å².